The second kappa shape index (κ2) is 8.48. The van der Waals surface area contributed by atoms with E-state index in [1.54, 1.807) is 21.0 Å². The number of methoxy groups -OCH3 is 1. The minimum atomic E-state index is -1.65. The molecule has 0 aromatic heterocycles. The molecule has 0 radical (unpaired) electrons. The Hall–Kier alpha value is -2.58. The first kappa shape index (κ1) is 25.1. The molecular weight excluding hydrogens is 460 g/mol. The summed E-state index contributed by atoms with van der Waals surface area (Å²) in [6.07, 6.45) is 4.88. The molecule has 36 heavy (non-hydrogen) atoms. The Morgan fingerprint density at radius 1 is 1.25 bits per heavy atom. The molecule has 0 unspecified atom stereocenters. The number of anilines is 1. The van der Waals surface area contributed by atoms with Gasteiger partial charge in [-0.3, -0.25) is 14.5 Å². The number of esters is 2. The van der Waals surface area contributed by atoms with Crippen molar-refractivity contribution in [2.75, 3.05) is 38.8 Å². The number of hydrogen-bond acceptors (Lipinski definition) is 8. The number of carbonyl (C=O) groups is 2. The van der Waals surface area contributed by atoms with Crippen molar-refractivity contribution < 1.29 is 28.9 Å². The molecule has 0 amide bonds. The van der Waals surface area contributed by atoms with Crippen LogP contribution < -0.4 is 9.64 Å². The monoisotopic (exact) mass is 498 g/mol. The van der Waals surface area contributed by atoms with Crippen LogP contribution in [-0.2, 0) is 24.5 Å². The maximum Gasteiger partial charge on any atom is 0.308 e. The van der Waals surface area contributed by atoms with Crippen molar-refractivity contribution >= 4 is 17.6 Å². The molecule has 0 bridgehead atoms. The predicted molar refractivity (Wildman–Crippen MR) is 135 cm³/mol. The van der Waals surface area contributed by atoms with Crippen molar-refractivity contribution in [3.8, 4) is 5.75 Å². The fraction of sp³-hybridized carbons (Fsp3) is 0.643. The first-order valence-corrected chi connectivity index (χ1v) is 13.0. The molecule has 5 rings (SSSR count). The summed E-state index contributed by atoms with van der Waals surface area (Å²) in [5, 5.41) is 12.8. The zero-order valence-corrected chi connectivity index (χ0v) is 22.1. The Morgan fingerprint density at radius 3 is 2.64 bits per heavy atom. The van der Waals surface area contributed by atoms with Crippen molar-refractivity contribution in [1.29, 1.82) is 0 Å². The van der Waals surface area contributed by atoms with Gasteiger partial charge in [0.2, 0.25) is 0 Å². The third-order valence-corrected chi connectivity index (χ3v) is 9.13. The minimum absolute atomic E-state index is 0.00696. The van der Waals surface area contributed by atoms with Crippen molar-refractivity contribution in [3.05, 3.63) is 35.9 Å². The minimum Gasteiger partial charge on any atom is -0.497 e. The molecule has 4 aliphatic rings. The van der Waals surface area contributed by atoms with Gasteiger partial charge in [-0.15, -0.1) is 0 Å². The maximum atomic E-state index is 12.8. The second-order valence-electron chi connectivity index (χ2n) is 11.2. The average molecular weight is 499 g/mol. The standard InChI is InChI=1S/C28H38N2O6/c1-7-26-11-8-13-30-14-12-27(23(26)30)20-10-9-19(34-6)15-21(20)29(5)24(27)28(33,25(26)36-18(4)31)16-35-22(32)17(2)3/h8-11,15,17,23-25,33H,7,12-14,16H2,1-6H3/t23-,24+,25+,26+,27+,28-/m0/s1. The number of likely N-dealkylation sites (N-methyl/N-ethyl adjacent to an activating group) is 1. The van der Waals surface area contributed by atoms with Crippen molar-refractivity contribution in [2.24, 2.45) is 11.3 Å². The van der Waals surface area contributed by atoms with Crippen LogP contribution >= 0.6 is 0 Å². The first-order valence-electron chi connectivity index (χ1n) is 13.0. The summed E-state index contributed by atoms with van der Waals surface area (Å²) in [5.41, 5.74) is -0.615. The average Bonchev–Trinajstić information content (AvgIpc) is 3.36. The Balaban J connectivity index is 1.77. The van der Waals surface area contributed by atoms with Gasteiger partial charge in [-0.05, 0) is 31.0 Å². The van der Waals surface area contributed by atoms with Crippen LogP contribution in [0.4, 0.5) is 5.69 Å². The molecule has 1 aromatic carbocycles. The lowest BCUT2D eigenvalue weighted by Gasteiger charge is -2.64. The summed E-state index contributed by atoms with van der Waals surface area (Å²) in [6, 6.07) is 5.65. The summed E-state index contributed by atoms with van der Waals surface area (Å²) in [6.45, 7) is 8.42. The lowest BCUT2D eigenvalue weighted by Crippen LogP contribution is -2.80. The van der Waals surface area contributed by atoms with Crippen molar-refractivity contribution in [1.82, 2.24) is 4.90 Å². The van der Waals surface area contributed by atoms with Gasteiger partial charge in [0.05, 0.1) is 19.1 Å². The molecule has 1 saturated carbocycles. The van der Waals surface area contributed by atoms with E-state index in [9.17, 15) is 14.7 Å². The Labute approximate surface area is 213 Å². The van der Waals surface area contributed by atoms with Gasteiger partial charge < -0.3 is 24.2 Å². The van der Waals surface area contributed by atoms with E-state index >= 15 is 0 Å². The maximum absolute atomic E-state index is 12.8. The summed E-state index contributed by atoms with van der Waals surface area (Å²) in [5.74, 6) is -0.455. The molecule has 6 atom stereocenters. The topological polar surface area (TPSA) is 88.5 Å². The summed E-state index contributed by atoms with van der Waals surface area (Å²) in [7, 11) is 3.61. The SMILES string of the molecule is CC[C@]12C=CCN3CC[C@@]4(c5ccc(OC)cc5N(C)[C@H]4[C@@](O)(COC(=O)C(C)C)[C@@H]1OC(C)=O)[C@@H]32. The van der Waals surface area contributed by atoms with Gasteiger partial charge in [0.25, 0.3) is 0 Å². The van der Waals surface area contributed by atoms with Crippen LogP contribution in [0.5, 0.6) is 5.75 Å². The van der Waals surface area contributed by atoms with Gasteiger partial charge in [-0.25, -0.2) is 0 Å². The zero-order chi connectivity index (χ0) is 26.0. The summed E-state index contributed by atoms with van der Waals surface area (Å²) < 4.78 is 17.4. The van der Waals surface area contributed by atoms with Crippen LogP contribution in [0.3, 0.4) is 0 Å². The van der Waals surface area contributed by atoms with Gasteiger partial charge in [0.15, 0.2) is 5.60 Å². The third-order valence-electron chi connectivity index (χ3n) is 9.13. The van der Waals surface area contributed by atoms with Crippen LogP contribution in [0.15, 0.2) is 30.4 Å². The Bertz CT molecular complexity index is 1100. The van der Waals surface area contributed by atoms with Crippen LogP contribution in [0, 0.1) is 11.3 Å². The van der Waals surface area contributed by atoms with Gasteiger partial charge >= 0.3 is 11.9 Å². The molecule has 1 aromatic rings. The molecule has 1 spiro atoms. The van der Waals surface area contributed by atoms with Gasteiger partial charge in [0, 0.05) is 49.1 Å². The van der Waals surface area contributed by atoms with Gasteiger partial charge in [0.1, 0.15) is 18.5 Å². The van der Waals surface area contributed by atoms with Gasteiger partial charge in [-0.1, -0.05) is 39.0 Å². The lowest BCUT2D eigenvalue weighted by atomic mass is 9.48. The molecule has 196 valence electrons. The largest absolute Gasteiger partial charge is 0.497 e. The summed E-state index contributed by atoms with van der Waals surface area (Å²) in [4.78, 5) is 29.7. The Morgan fingerprint density at radius 2 is 2.00 bits per heavy atom. The number of ether oxygens (including phenoxy) is 3. The number of aliphatic hydroxyl groups is 1. The number of benzene rings is 1. The molecule has 3 heterocycles. The highest BCUT2D eigenvalue weighted by Crippen LogP contribution is 2.67. The molecule has 8 nitrogen and oxygen atoms in total. The summed E-state index contributed by atoms with van der Waals surface area (Å²) >= 11 is 0. The van der Waals surface area contributed by atoms with Crippen LogP contribution in [-0.4, -0.2) is 79.6 Å². The normalized spacial score (nSPS) is 36.3. The fourth-order valence-electron chi connectivity index (χ4n) is 7.96. The molecule has 3 aliphatic heterocycles. The number of rotatable bonds is 6. The fourth-order valence-corrected chi connectivity index (χ4v) is 7.96. The predicted octanol–water partition coefficient (Wildman–Crippen LogP) is 2.67. The number of fused-ring (bicyclic) bond motifs is 1. The van der Waals surface area contributed by atoms with E-state index in [0.29, 0.717) is 6.42 Å². The third kappa shape index (κ3) is 3.13. The second-order valence-corrected chi connectivity index (χ2v) is 11.2. The van der Waals surface area contributed by atoms with E-state index in [2.05, 4.69) is 34.9 Å². The molecule has 1 saturated heterocycles. The van der Waals surface area contributed by atoms with Crippen molar-refractivity contribution in [2.45, 2.75) is 69.7 Å². The quantitative estimate of drug-likeness (QED) is 0.473. The number of nitrogens with zero attached hydrogens (tertiary/aromatic N) is 2. The molecule has 1 aliphatic carbocycles. The highest BCUT2D eigenvalue weighted by molar-refractivity contribution is 5.73. The first-order chi connectivity index (χ1) is 17.1. The highest BCUT2D eigenvalue weighted by Gasteiger charge is 2.78. The molecule has 8 heteroatoms. The van der Waals surface area contributed by atoms with E-state index in [1.807, 2.05) is 19.2 Å². The zero-order valence-electron chi connectivity index (χ0n) is 22.1. The lowest BCUT2D eigenvalue weighted by molar-refractivity contribution is -0.233. The molecule has 2 fully saturated rings. The van der Waals surface area contributed by atoms with E-state index in [0.717, 1.165) is 36.5 Å². The van der Waals surface area contributed by atoms with Crippen LogP contribution in [0.2, 0.25) is 0 Å². The van der Waals surface area contributed by atoms with Crippen LogP contribution in [0.1, 0.15) is 46.1 Å². The highest BCUT2D eigenvalue weighted by atomic mass is 16.6. The molecular formula is C28H38N2O6. The van der Waals surface area contributed by atoms with E-state index in [-0.39, 0.29) is 18.6 Å². The van der Waals surface area contributed by atoms with Crippen LogP contribution in [0.25, 0.3) is 0 Å². The van der Waals surface area contributed by atoms with E-state index in [4.69, 9.17) is 14.2 Å². The Kier molecular flexibility index (Phi) is 5.91. The number of carbonyl (C=O) groups excluding carboxylic acids is 2. The van der Waals surface area contributed by atoms with E-state index < -0.39 is 40.5 Å². The van der Waals surface area contributed by atoms with E-state index in [1.165, 1.54) is 6.92 Å². The molecule has 1 N–H and O–H groups in total. The van der Waals surface area contributed by atoms with Crippen molar-refractivity contribution in [3.63, 3.8) is 0 Å². The number of hydrogen-bond donors (Lipinski definition) is 1. The smallest absolute Gasteiger partial charge is 0.308 e. The van der Waals surface area contributed by atoms with Gasteiger partial charge in [-0.2, -0.15) is 0 Å².